The number of piperidine rings is 1. The molecule has 0 spiro atoms. The summed E-state index contributed by atoms with van der Waals surface area (Å²) in [6, 6.07) is 7.70. The normalized spacial score (nSPS) is 15.2. The number of amides is 2. The van der Waals surface area contributed by atoms with E-state index in [-0.39, 0.29) is 17.9 Å². The lowest BCUT2D eigenvalue weighted by atomic mass is 9.96. The lowest BCUT2D eigenvalue weighted by molar-refractivity contribution is -0.121. The summed E-state index contributed by atoms with van der Waals surface area (Å²) in [6.45, 7) is 6.57. The number of hydrogen-bond acceptors (Lipinski definition) is 5. The quantitative estimate of drug-likeness (QED) is 0.735. The summed E-state index contributed by atoms with van der Waals surface area (Å²) >= 11 is 7.67. The van der Waals surface area contributed by atoms with Gasteiger partial charge in [0.25, 0.3) is 0 Å². The second kappa shape index (κ2) is 9.13. The first-order chi connectivity index (χ1) is 13.7. The zero-order chi connectivity index (χ0) is 21.0. The Labute approximate surface area is 180 Å². The molecule has 0 saturated carbocycles. The number of anilines is 1. The molecule has 2 aromatic rings. The van der Waals surface area contributed by atoms with E-state index in [0.29, 0.717) is 37.5 Å². The molecule has 1 aliphatic rings. The first-order valence-corrected chi connectivity index (χ1v) is 10.9. The Bertz CT molecular complexity index is 870. The molecule has 0 radical (unpaired) electrons. The lowest BCUT2D eigenvalue weighted by Crippen LogP contribution is -2.43. The van der Waals surface area contributed by atoms with Crippen LogP contribution in [0.2, 0.25) is 5.02 Å². The summed E-state index contributed by atoms with van der Waals surface area (Å²) in [5.41, 5.74) is 0.517. The molecule has 29 heavy (non-hydrogen) atoms. The topological polar surface area (TPSA) is 71.5 Å². The van der Waals surface area contributed by atoms with Crippen molar-refractivity contribution >= 4 is 40.1 Å². The third-order valence-corrected chi connectivity index (χ3v) is 5.91. The van der Waals surface area contributed by atoms with Crippen molar-refractivity contribution in [3.63, 3.8) is 0 Å². The fourth-order valence-electron chi connectivity index (χ4n) is 3.13. The standard InChI is InChI=1S/C21H26ClN3O3S/c1-21(2,3)28-20(27)25-10-8-14(9-11-25)18(26)24-19-23-13-16(29-19)12-15-6-4-5-7-17(15)22/h4-7,13-14H,8-12H2,1-3H3,(H,23,24,26). The molecule has 1 fully saturated rings. The van der Waals surface area contributed by atoms with Gasteiger partial charge in [-0.3, -0.25) is 4.79 Å². The minimum absolute atomic E-state index is 0.0486. The van der Waals surface area contributed by atoms with Gasteiger partial charge in [-0.2, -0.15) is 0 Å². The van der Waals surface area contributed by atoms with Gasteiger partial charge in [0, 0.05) is 41.5 Å². The zero-order valence-electron chi connectivity index (χ0n) is 16.9. The van der Waals surface area contributed by atoms with Crippen molar-refractivity contribution in [2.75, 3.05) is 18.4 Å². The second-order valence-electron chi connectivity index (χ2n) is 8.13. The molecule has 6 nitrogen and oxygen atoms in total. The van der Waals surface area contributed by atoms with Crippen LogP contribution in [0.5, 0.6) is 0 Å². The number of nitrogens with one attached hydrogen (secondary N) is 1. The number of carbonyl (C=O) groups excluding carboxylic acids is 2. The van der Waals surface area contributed by atoms with Crippen molar-refractivity contribution < 1.29 is 14.3 Å². The van der Waals surface area contributed by atoms with Crippen LogP contribution in [0.25, 0.3) is 0 Å². The van der Waals surface area contributed by atoms with Gasteiger partial charge < -0.3 is 15.0 Å². The van der Waals surface area contributed by atoms with E-state index in [4.69, 9.17) is 16.3 Å². The van der Waals surface area contributed by atoms with E-state index in [1.165, 1.54) is 11.3 Å². The highest BCUT2D eigenvalue weighted by atomic mass is 35.5. The molecule has 1 N–H and O–H groups in total. The lowest BCUT2D eigenvalue weighted by Gasteiger charge is -2.32. The number of ether oxygens (including phenoxy) is 1. The Morgan fingerprint density at radius 3 is 2.62 bits per heavy atom. The average molecular weight is 436 g/mol. The first-order valence-electron chi connectivity index (χ1n) is 9.68. The predicted octanol–water partition coefficient (Wildman–Crippen LogP) is 4.97. The molecule has 8 heteroatoms. The van der Waals surface area contributed by atoms with E-state index >= 15 is 0 Å². The third kappa shape index (κ3) is 6.18. The molecule has 2 amide bonds. The fourth-order valence-corrected chi connectivity index (χ4v) is 4.18. The minimum Gasteiger partial charge on any atom is -0.444 e. The number of carbonyl (C=O) groups is 2. The molecular formula is C21H26ClN3O3S. The molecular weight excluding hydrogens is 410 g/mol. The summed E-state index contributed by atoms with van der Waals surface area (Å²) < 4.78 is 5.40. The Hall–Kier alpha value is -2.12. The molecule has 2 heterocycles. The molecule has 156 valence electrons. The number of nitrogens with zero attached hydrogens (tertiary/aromatic N) is 2. The maximum Gasteiger partial charge on any atom is 0.410 e. The largest absolute Gasteiger partial charge is 0.444 e. The van der Waals surface area contributed by atoms with Crippen LogP contribution in [0.3, 0.4) is 0 Å². The molecule has 1 saturated heterocycles. The smallest absolute Gasteiger partial charge is 0.410 e. The van der Waals surface area contributed by atoms with E-state index in [1.807, 2.05) is 45.0 Å². The van der Waals surface area contributed by atoms with E-state index in [2.05, 4.69) is 10.3 Å². The van der Waals surface area contributed by atoms with Crippen molar-refractivity contribution in [3.8, 4) is 0 Å². The van der Waals surface area contributed by atoms with Crippen LogP contribution in [0.4, 0.5) is 9.93 Å². The van der Waals surface area contributed by atoms with Crippen molar-refractivity contribution in [2.45, 2.75) is 45.6 Å². The van der Waals surface area contributed by atoms with Gasteiger partial charge in [-0.15, -0.1) is 11.3 Å². The third-order valence-electron chi connectivity index (χ3n) is 4.62. The number of aromatic nitrogens is 1. The highest BCUT2D eigenvalue weighted by molar-refractivity contribution is 7.15. The average Bonchev–Trinajstić information content (AvgIpc) is 3.09. The van der Waals surface area contributed by atoms with E-state index in [0.717, 1.165) is 15.5 Å². The molecule has 3 rings (SSSR count). The Balaban J connectivity index is 1.50. The number of hydrogen-bond donors (Lipinski definition) is 1. The van der Waals surface area contributed by atoms with Gasteiger partial charge in [0.1, 0.15) is 5.60 Å². The molecule has 1 aromatic heterocycles. The fraction of sp³-hybridized carbons (Fsp3) is 0.476. The summed E-state index contributed by atoms with van der Waals surface area (Å²) in [4.78, 5) is 31.8. The molecule has 0 aliphatic carbocycles. The molecule has 0 bridgehead atoms. The number of thiazole rings is 1. The van der Waals surface area contributed by atoms with Crippen LogP contribution in [0.15, 0.2) is 30.5 Å². The molecule has 1 aromatic carbocycles. The van der Waals surface area contributed by atoms with Crippen LogP contribution in [0.1, 0.15) is 44.1 Å². The van der Waals surface area contributed by atoms with Gasteiger partial charge in [0.05, 0.1) is 0 Å². The van der Waals surface area contributed by atoms with Crippen molar-refractivity contribution in [1.82, 2.24) is 9.88 Å². The maximum absolute atomic E-state index is 12.6. The van der Waals surface area contributed by atoms with Crippen LogP contribution in [-0.4, -0.2) is 40.6 Å². The van der Waals surface area contributed by atoms with E-state index < -0.39 is 5.60 Å². The SMILES string of the molecule is CC(C)(C)OC(=O)N1CCC(C(=O)Nc2ncc(Cc3ccccc3Cl)s2)CC1. The van der Waals surface area contributed by atoms with E-state index in [9.17, 15) is 9.59 Å². The Morgan fingerprint density at radius 2 is 1.97 bits per heavy atom. The van der Waals surface area contributed by atoms with Gasteiger partial charge in [0.15, 0.2) is 5.13 Å². The van der Waals surface area contributed by atoms with Crippen LogP contribution >= 0.6 is 22.9 Å². The van der Waals surface area contributed by atoms with Gasteiger partial charge in [0.2, 0.25) is 5.91 Å². The highest BCUT2D eigenvalue weighted by Gasteiger charge is 2.30. The van der Waals surface area contributed by atoms with Crippen molar-refractivity contribution in [3.05, 3.63) is 45.9 Å². The van der Waals surface area contributed by atoms with Gasteiger partial charge in [-0.1, -0.05) is 29.8 Å². The number of benzene rings is 1. The minimum atomic E-state index is -0.516. The van der Waals surface area contributed by atoms with Crippen molar-refractivity contribution in [2.24, 2.45) is 5.92 Å². The van der Waals surface area contributed by atoms with E-state index in [1.54, 1.807) is 11.1 Å². The maximum atomic E-state index is 12.6. The molecule has 0 unspecified atom stereocenters. The predicted molar refractivity (Wildman–Crippen MR) is 116 cm³/mol. The monoisotopic (exact) mass is 435 g/mol. The summed E-state index contributed by atoms with van der Waals surface area (Å²) in [5.74, 6) is -0.183. The summed E-state index contributed by atoms with van der Waals surface area (Å²) in [7, 11) is 0. The number of likely N-dealkylation sites (tertiary alicyclic amines) is 1. The van der Waals surface area contributed by atoms with Crippen LogP contribution in [-0.2, 0) is 16.0 Å². The van der Waals surface area contributed by atoms with Gasteiger partial charge in [-0.25, -0.2) is 9.78 Å². The summed E-state index contributed by atoms with van der Waals surface area (Å²) in [6.07, 6.45) is 3.36. The van der Waals surface area contributed by atoms with Crippen LogP contribution in [0, 0.1) is 5.92 Å². The van der Waals surface area contributed by atoms with Gasteiger partial charge >= 0.3 is 6.09 Å². The highest BCUT2D eigenvalue weighted by Crippen LogP contribution is 2.26. The van der Waals surface area contributed by atoms with Crippen LogP contribution < -0.4 is 5.32 Å². The van der Waals surface area contributed by atoms with Gasteiger partial charge in [-0.05, 0) is 45.2 Å². The number of rotatable bonds is 4. The van der Waals surface area contributed by atoms with Crippen molar-refractivity contribution in [1.29, 1.82) is 0 Å². The molecule has 1 aliphatic heterocycles. The second-order valence-corrected chi connectivity index (χ2v) is 9.65. The Morgan fingerprint density at radius 1 is 1.28 bits per heavy atom. The molecule has 0 atom stereocenters. The zero-order valence-corrected chi connectivity index (χ0v) is 18.5. The summed E-state index contributed by atoms with van der Waals surface area (Å²) in [5, 5.41) is 4.23. The Kier molecular flexibility index (Phi) is 6.80. The first kappa shape index (κ1) is 21.6. The number of halogens is 1.